The summed E-state index contributed by atoms with van der Waals surface area (Å²) in [5.41, 5.74) is 3.78. The van der Waals surface area contributed by atoms with Crippen molar-refractivity contribution in [1.29, 1.82) is 0 Å². The third-order valence-corrected chi connectivity index (χ3v) is 5.48. The number of rotatable bonds is 4. The van der Waals surface area contributed by atoms with E-state index in [1.54, 1.807) is 12.1 Å². The lowest BCUT2D eigenvalue weighted by Gasteiger charge is -2.04. The monoisotopic (exact) mass is 391 g/mol. The first-order chi connectivity index (χ1) is 13.6. The van der Waals surface area contributed by atoms with E-state index in [-0.39, 0.29) is 11.7 Å². The van der Waals surface area contributed by atoms with Gasteiger partial charge in [-0.05, 0) is 55.1 Å². The number of amidine groups is 1. The molecule has 1 aromatic heterocycles. The van der Waals surface area contributed by atoms with Crippen molar-refractivity contribution in [2.45, 2.75) is 13.5 Å². The van der Waals surface area contributed by atoms with E-state index in [0.29, 0.717) is 22.3 Å². The van der Waals surface area contributed by atoms with Gasteiger partial charge in [-0.15, -0.1) is 6.58 Å². The number of benzene rings is 2. The molecule has 0 radical (unpaired) electrons. The molecule has 1 aliphatic heterocycles. The molecule has 0 bridgehead atoms. The number of carbonyl (C=O) groups is 1. The van der Waals surface area contributed by atoms with E-state index < -0.39 is 0 Å². The summed E-state index contributed by atoms with van der Waals surface area (Å²) in [4.78, 5) is 17.4. The van der Waals surface area contributed by atoms with Crippen LogP contribution in [-0.4, -0.2) is 15.6 Å². The largest absolute Gasteiger partial charge is 0.340 e. The Morgan fingerprint density at radius 3 is 2.71 bits per heavy atom. The van der Waals surface area contributed by atoms with Crippen molar-refractivity contribution in [3.05, 3.63) is 83.2 Å². The number of nitrogens with one attached hydrogen (secondary N) is 1. The molecule has 2 aromatic carbocycles. The summed E-state index contributed by atoms with van der Waals surface area (Å²) in [7, 11) is 0. The van der Waals surface area contributed by atoms with Gasteiger partial charge in [-0.2, -0.15) is 0 Å². The van der Waals surface area contributed by atoms with Crippen molar-refractivity contribution in [3.63, 3.8) is 0 Å². The summed E-state index contributed by atoms with van der Waals surface area (Å²) in [6.45, 7) is 6.58. The van der Waals surface area contributed by atoms with Crippen molar-refractivity contribution in [3.8, 4) is 0 Å². The SMILES string of the molecule is C=CCn1c(C)c(C=C2SC(=Nc3ccc(F)cc3)NC2=O)c2ccccc21. The summed E-state index contributed by atoms with van der Waals surface area (Å²) in [5.74, 6) is -0.509. The zero-order valence-corrected chi connectivity index (χ0v) is 16.1. The first-order valence-corrected chi connectivity index (χ1v) is 9.62. The van der Waals surface area contributed by atoms with Crippen LogP contribution in [0.25, 0.3) is 17.0 Å². The number of hydrogen-bond donors (Lipinski definition) is 1. The molecule has 4 rings (SSSR count). The van der Waals surface area contributed by atoms with Crippen LogP contribution >= 0.6 is 11.8 Å². The molecule has 4 nitrogen and oxygen atoms in total. The van der Waals surface area contributed by atoms with Gasteiger partial charge in [0.15, 0.2) is 5.17 Å². The highest BCUT2D eigenvalue weighted by Crippen LogP contribution is 2.33. The van der Waals surface area contributed by atoms with Crippen LogP contribution in [0.2, 0.25) is 0 Å². The second-order valence-electron chi connectivity index (χ2n) is 6.37. The number of aliphatic imine (C=N–C) groups is 1. The minimum absolute atomic E-state index is 0.189. The fourth-order valence-electron chi connectivity index (χ4n) is 3.25. The summed E-state index contributed by atoms with van der Waals surface area (Å²) >= 11 is 1.28. The third kappa shape index (κ3) is 3.39. The minimum Gasteiger partial charge on any atom is -0.340 e. The first kappa shape index (κ1) is 18.3. The third-order valence-electron chi connectivity index (χ3n) is 4.57. The molecule has 1 saturated heterocycles. The number of halogens is 1. The Hall–Kier alpha value is -3.12. The number of carbonyl (C=O) groups excluding carboxylic acids is 1. The summed E-state index contributed by atoms with van der Waals surface area (Å²) < 4.78 is 15.2. The molecule has 1 amide bonds. The van der Waals surface area contributed by atoms with Gasteiger partial charge in [-0.3, -0.25) is 4.79 Å². The van der Waals surface area contributed by atoms with E-state index in [1.165, 1.54) is 23.9 Å². The van der Waals surface area contributed by atoms with Gasteiger partial charge in [0.25, 0.3) is 5.91 Å². The van der Waals surface area contributed by atoms with Gasteiger partial charge < -0.3 is 9.88 Å². The molecule has 28 heavy (non-hydrogen) atoms. The Kier molecular flexibility index (Phi) is 4.88. The van der Waals surface area contributed by atoms with Gasteiger partial charge in [0.2, 0.25) is 0 Å². The average Bonchev–Trinajstić information content (AvgIpc) is 3.16. The van der Waals surface area contributed by atoms with Crippen LogP contribution in [0.1, 0.15) is 11.3 Å². The lowest BCUT2D eigenvalue weighted by Crippen LogP contribution is -2.19. The lowest BCUT2D eigenvalue weighted by atomic mass is 10.1. The van der Waals surface area contributed by atoms with Crippen molar-refractivity contribution in [1.82, 2.24) is 9.88 Å². The number of nitrogens with zero attached hydrogens (tertiary/aromatic N) is 2. The molecule has 6 heteroatoms. The summed E-state index contributed by atoms with van der Waals surface area (Å²) in [6, 6.07) is 13.9. The molecule has 3 aromatic rings. The van der Waals surface area contributed by atoms with Crippen LogP contribution < -0.4 is 5.32 Å². The van der Waals surface area contributed by atoms with Crippen molar-refractivity contribution in [2.24, 2.45) is 4.99 Å². The highest BCUT2D eigenvalue weighted by molar-refractivity contribution is 8.18. The predicted octanol–water partition coefficient (Wildman–Crippen LogP) is 5.17. The van der Waals surface area contributed by atoms with Gasteiger partial charge in [0.05, 0.1) is 10.6 Å². The molecule has 0 unspecified atom stereocenters. The van der Waals surface area contributed by atoms with Crippen LogP contribution in [0.4, 0.5) is 10.1 Å². The van der Waals surface area contributed by atoms with E-state index in [0.717, 1.165) is 22.2 Å². The number of amides is 1. The number of hydrogen-bond acceptors (Lipinski definition) is 3. The zero-order valence-electron chi connectivity index (χ0n) is 15.3. The standard InChI is InChI=1S/C22H18FN3OS/c1-3-12-26-14(2)18(17-6-4-5-7-19(17)26)13-20-21(27)25-22(28-20)24-16-10-8-15(23)9-11-16/h3-11,13H,1,12H2,2H3,(H,24,25,27). The number of fused-ring (bicyclic) bond motifs is 1. The van der Waals surface area contributed by atoms with Crippen molar-refractivity contribution >= 4 is 45.5 Å². The Labute approximate surface area is 166 Å². The first-order valence-electron chi connectivity index (χ1n) is 8.80. The van der Waals surface area contributed by atoms with Crippen molar-refractivity contribution < 1.29 is 9.18 Å². The molecular formula is C22H18FN3OS. The van der Waals surface area contributed by atoms with E-state index in [9.17, 15) is 9.18 Å². The average molecular weight is 391 g/mol. The molecule has 0 atom stereocenters. The van der Waals surface area contributed by atoms with E-state index >= 15 is 0 Å². The lowest BCUT2D eigenvalue weighted by molar-refractivity contribution is -0.115. The molecule has 140 valence electrons. The van der Waals surface area contributed by atoms with Gasteiger partial charge >= 0.3 is 0 Å². The molecule has 1 aliphatic rings. The van der Waals surface area contributed by atoms with Gasteiger partial charge in [0.1, 0.15) is 5.82 Å². The van der Waals surface area contributed by atoms with Crippen LogP contribution in [0.3, 0.4) is 0 Å². The molecule has 1 N–H and O–H groups in total. The van der Waals surface area contributed by atoms with Crippen LogP contribution in [0, 0.1) is 12.7 Å². The predicted molar refractivity (Wildman–Crippen MR) is 114 cm³/mol. The summed E-state index contributed by atoms with van der Waals surface area (Å²) in [6.07, 6.45) is 3.77. The molecule has 0 saturated carbocycles. The topological polar surface area (TPSA) is 46.4 Å². The smallest absolute Gasteiger partial charge is 0.264 e. The highest BCUT2D eigenvalue weighted by Gasteiger charge is 2.25. The van der Waals surface area contributed by atoms with Crippen LogP contribution in [0.15, 0.2) is 71.1 Å². The van der Waals surface area contributed by atoms with Crippen LogP contribution in [0.5, 0.6) is 0 Å². The van der Waals surface area contributed by atoms with E-state index in [2.05, 4.69) is 33.6 Å². The van der Waals surface area contributed by atoms with Gasteiger partial charge in [-0.25, -0.2) is 9.38 Å². The Bertz CT molecular complexity index is 1140. The van der Waals surface area contributed by atoms with Crippen LogP contribution in [-0.2, 0) is 11.3 Å². The quantitative estimate of drug-likeness (QED) is 0.493. The number of allylic oxidation sites excluding steroid dienone is 1. The fourth-order valence-corrected chi connectivity index (χ4v) is 4.07. The number of thioether (sulfide) groups is 1. The maximum absolute atomic E-state index is 13.0. The summed E-state index contributed by atoms with van der Waals surface area (Å²) in [5, 5.41) is 4.35. The second kappa shape index (κ2) is 7.48. The zero-order chi connectivity index (χ0) is 19.7. The normalized spacial score (nSPS) is 16.9. The van der Waals surface area contributed by atoms with E-state index in [1.807, 2.05) is 31.2 Å². The Morgan fingerprint density at radius 1 is 1.21 bits per heavy atom. The number of aromatic nitrogens is 1. The van der Waals surface area contributed by atoms with Crippen molar-refractivity contribution in [2.75, 3.05) is 0 Å². The minimum atomic E-state index is -0.320. The Morgan fingerprint density at radius 2 is 1.96 bits per heavy atom. The number of para-hydroxylation sites is 1. The molecular weight excluding hydrogens is 373 g/mol. The van der Waals surface area contributed by atoms with Gasteiger partial charge in [-0.1, -0.05) is 24.3 Å². The molecule has 2 heterocycles. The molecule has 0 aliphatic carbocycles. The fraction of sp³-hybridized carbons (Fsp3) is 0.0909. The highest BCUT2D eigenvalue weighted by atomic mass is 32.2. The maximum atomic E-state index is 13.0. The molecule has 0 spiro atoms. The molecule has 1 fully saturated rings. The van der Waals surface area contributed by atoms with E-state index in [4.69, 9.17) is 0 Å². The Balaban J connectivity index is 1.72. The van der Waals surface area contributed by atoms with Gasteiger partial charge in [0, 0.05) is 28.7 Å². The maximum Gasteiger partial charge on any atom is 0.264 e. The second-order valence-corrected chi connectivity index (χ2v) is 7.40.